The lowest BCUT2D eigenvalue weighted by molar-refractivity contribution is -0.117. The van der Waals surface area contributed by atoms with Crippen LogP contribution in [0.25, 0.3) is 11.3 Å². The van der Waals surface area contributed by atoms with Crippen LogP contribution in [0.15, 0.2) is 37.1 Å². The van der Waals surface area contributed by atoms with E-state index >= 15 is 0 Å². The Morgan fingerprint density at radius 2 is 2.03 bits per heavy atom. The molecule has 5 heterocycles. The number of pyridine rings is 1. The fourth-order valence-corrected chi connectivity index (χ4v) is 4.26. The molecule has 2 saturated heterocycles. The Bertz CT molecular complexity index is 1090. The molecular formula is C21H23ClN8O. The molecule has 1 amide bonds. The molecule has 0 aliphatic carbocycles. The molecule has 31 heavy (non-hydrogen) atoms. The molecule has 5 rings (SSSR count). The minimum Gasteiger partial charge on any atom is -0.323 e. The van der Waals surface area contributed by atoms with Crippen molar-refractivity contribution in [2.45, 2.75) is 31.7 Å². The van der Waals surface area contributed by atoms with E-state index in [0.29, 0.717) is 41.4 Å². The van der Waals surface area contributed by atoms with Gasteiger partial charge in [-0.3, -0.25) is 14.5 Å². The number of nitrogens with zero attached hydrogens (tertiary/aromatic N) is 6. The van der Waals surface area contributed by atoms with Gasteiger partial charge in [0.1, 0.15) is 0 Å². The van der Waals surface area contributed by atoms with Crippen molar-refractivity contribution in [1.82, 2.24) is 30.0 Å². The van der Waals surface area contributed by atoms with Gasteiger partial charge in [-0.2, -0.15) is 5.10 Å². The number of carbonyl (C=O) groups is 1. The van der Waals surface area contributed by atoms with Gasteiger partial charge in [-0.1, -0.05) is 11.6 Å². The fourth-order valence-electron chi connectivity index (χ4n) is 4.06. The summed E-state index contributed by atoms with van der Waals surface area (Å²) in [5, 5.41) is 11.5. The molecule has 0 atom stereocenters. The number of carbonyl (C=O) groups excluding carboxylic acids is 1. The van der Waals surface area contributed by atoms with Crippen molar-refractivity contribution in [3.05, 3.63) is 42.1 Å². The Morgan fingerprint density at radius 3 is 2.84 bits per heavy atom. The third kappa shape index (κ3) is 4.24. The van der Waals surface area contributed by atoms with Crippen LogP contribution in [0.1, 0.15) is 31.7 Å². The van der Waals surface area contributed by atoms with E-state index in [9.17, 15) is 4.79 Å². The first-order chi connectivity index (χ1) is 15.2. The van der Waals surface area contributed by atoms with Gasteiger partial charge in [0, 0.05) is 24.7 Å². The van der Waals surface area contributed by atoms with Crippen LogP contribution in [-0.2, 0) is 4.79 Å². The molecule has 2 aliphatic heterocycles. The maximum Gasteiger partial charge on any atom is 0.227 e. The Kier molecular flexibility index (Phi) is 5.52. The maximum atomic E-state index is 12.0. The molecule has 9 nitrogen and oxygen atoms in total. The minimum absolute atomic E-state index is 0.120. The average Bonchev–Trinajstić information content (AvgIpc) is 3.45. The molecular weight excluding hydrogens is 416 g/mol. The van der Waals surface area contributed by atoms with Gasteiger partial charge in [-0.25, -0.2) is 9.97 Å². The number of hydrogen-bond acceptors (Lipinski definition) is 7. The van der Waals surface area contributed by atoms with Crippen LogP contribution in [0, 0.1) is 0 Å². The van der Waals surface area contributed by atoms with E-state index in [1.807, 2.05) is 16.9 Å². The second-order valence-corrected chi connectivity index (χ2v) is 8.19. The summed E-state index contributed by atoms with van der Waals surface area (Å²) in [5.74, 6) is 0.524. The molecule has 2 fully saturated rings. The first-order valence-corrected chi connectivity index (χ1v) is 10.9. The number of anilines is 3. The van der Waals surface area contributed by atoms with Gasteiger partial charge in [0.15, 0.2) is 0 Å². The van der Waals surface area contributed by atoms with Crippen LogP contribution in [0.4, 0.5) is 17.3 Å². The molecule has 0 saturated carbocycles. The van der Waals surface area contributed by atoms with Crippen LogP contribution in [0.3, 0.4) is 0 Å². The third-order valence-electron chi connectivity index (χ3n) is 5.67. The zero-order valence-corrected chi connectivity index (χ0v) is 17.7. The molecule has 0 spiro atoms. The van der Waals surface area contributed by atoms with Crippen LogP contribution in [0.5, 0.6) is 0 Å². The van der Waals surface area contributed by atoms with Gasteiger partial charge in [0.25, 0.3) is 0 Å². The van der Waals surface area contributed by atoms with Crippen LogP contribution < -0.4 is 15.5 Å². The van der Waals surface area contributed by atoms with E-state index in [0.717, 1.165) is 43.6 Å². The third-order valence-corrected chi connectivity index (χ3v) is 5.94. The van der Waals surface area contributed by atoms with Gasteiger partial charge in [0.05, 0.1) is 52.9 Å². The van der Waals surface area contributed by atoms with Crippen LogP contribution in [0.2, 0.25) is 5.02 Å². The van der Waals surface area contributed by atoms with Crippen LogP contribution >= 0.6 is 11.6 Å². The molecule has 0 bridgehead atoms. The molecule has 3 aromatic rings. The summed E-state index contributed by atoms with van der Waals surface area (Å²) in [7, 11) is 0. The van der Waals surface area contributed by atoms with Crippen molar-refractivity contribution in [2.75, 3.05) is 29.9 Å². The van der Waals surface area contributed by atoms with E-state index < -0.39 is 0 Å². The molecule has 3 aromatic heterocycles. The van der Waals surface area contributed by atoms with Gasteiger partial charge in [0.2, 0.25) is 11.9 Å². The normalized spacial score (nSPS) is 17.3. The fraction of sp³-hybridized carbons (Fsp3) is 0.381. The predicted octanol–water partition coefficient (Wildman–Crippen LogP) is 3.18. The molecule has 0 radical (unpaired) electrons. The summed E-state index contributed by atoms with van der Waals surface area (Å²) in [6.07, 6.45) is 12.3. The lowest BCUT2D eigenvalue weighted by Gasteiger charge is -2.22. The quantitative estimate of drug-likeness (QED) is 0.630. The Morgan fingerprint density at radius 1 is 1.16 bits per heavy atom. The van der Waals surface area contributed by atoms with E-state index in [1.165, 1.54) is 0 Å². The van der Waals surface area contributed by atoms with Crippen molar-refractivity contribution in [3.8, 4) is 11.3 Å². The highest BCUT2D eigenvalue weighted by atomic mass is 35.5. The number of aromatic nitrogens is 5. The minimum atomic E-state index is 0.120. The highest BCUT2D eigenvalue weighted by molar-refractivity contribution is 6.32. The number of halogens is 1. The molecule has 10 heteroatoms. The van der Waals surface area contributed by atoms with Gasteiger partial charge in [-0.15, -0.1) is 0 Å². The molecule has 2 aliphatic rings. The largest absolute Gasteiger partial charge is 0.323 e. The molecule has 2 N–H and O–H groups in total. The SMILES string of the molecule is O=C1CCCN1c1cncc(Nc2ncc(Cl)c(-c3cnn(C4CCNCC4)c3)n2)c1. The van der Waals surface area contributed by atoms with Gasteiger partial charge in [-0.05, 0) is 38.4 Å². The lowest BCUT2D eigenvalue weighted by atomic mass is 10.1. The molecule has 160 valence electrons. The van der Waals surface area contributed by atoms with Gasteiger partial charge >= 0.3 is 0 Å². The topological polar surface area (TPSA) is 101 Å². The predicted molar refractivity (Wildman–Crippen MR) is 119 cm³/mol. The first kappa shape index (κ1) is 19.9. The number of nitrogens with one attached hydrogen (secondary N) is 2. The average molecular weight is 439 g/mol. The Balaban J connectivity index is 1.37. The van der Waals surface area contributed by atoms with Crippen molar-refractivity contribution < 1.29 is 4.79 Å². The Labute approximate surface area is 184 Å². The second kappa shape index (κ2) is 8.60. The first-order valence-electron chi connectivity index (χ1n) is 10.5. The van der Waals surface area contributed by atoms with E-state index in [4.69, 9.17) is 11.6 Å². The van der Waals surface area contributed by atoms with Crippen molar-refractivity contribution in [2.24, 2.45) is 0 Å². The van der Waals surface area contributed by atoms with Crippen molar-refractivity contribution in [1.29, 1.82) is 0 Å². The number of amides is 1. The summed E-state index contributed by atoms with van der Waals surface area (Å²) < 4.78 is 2.00. The Hall–Kier alpha value is -3.04. The summed E-state index contributed by atoms with van der Waals surface area (Å²) in [4.78, 5) is 26.9. The highest BCUT2D eigenvalue weighted by Gasteiger charge is 2.22. The smallest absolute Gasteiger partial charge is 0.227 e. The van der Waals surface area contributed by atoms with E-state index in [-0.39, 0.29) is 5.91 Å². The summed E-state index contributed by atoms with van der Waals surface area (Å²) in [6, 6.07) is 2.26. The van der Waals surface area contributed by atoms with Crippen molar-refractivity contribution >= 4 is 34.8 Å². The van der Waals surface area contributed by atoms with E-state index in [2.05, 4.69) is 30.7 Å². The maximum absolute atomic E-state index is 12.0. The lowest BCUT2D eigenvalue weighted by Crippen LogP contribution is -2.29. The van der Waals surface area contributed by atoms with Crippen LogP contribution in [-0.4, -0.2) is 50.3 Å². The second-order valence-electron chi connectivity index (χ2n) is 7.79. The van der Waals surface area contributed by atoms with Gasteiger partial charge < -0.3 is 15.5 Å². The number of rotatable bonds is 5. The zero-order valence-electron chi connectivity index (χ0n) is 17.0. The number of piperidine rings is 1. The van der Waals surface area contributed by atoms with E-state index in [1.54, 1.807) is 29.7 Å². The number of hydrogen-bond donors (Lipinski definition) is 2. The van der Waals surface area contributed by atoms with Crippen molar-refractivity contribution in [3.63, 3.8) is 0 Å². The summed E-state index contributed by atoms with van der Waals surface area (Å²) >= 11 is 6.40. The monoisotopic (exact) mass is 438 g/mol. The summed E-state index contributed by atoms with van der Waals surface area (Å²) in [5.41, 5.74) is 2.95. The molecule has 0 unspecified atom stereocenters. The summed E-state index contributed by atoms with van der Waals surface area (Å²) in [6.45, 7) is 2.71. The standard InChI is InChI=1S/C21H23ClN8O/c22-18-12-25-21(27-15-8-17(11-24-10-15)29-7-1-2-19(29)31)28-20(18)14-9-26-30(13-14)16-3-5-23-6-4-16/h8-13,16,23H,1-7H2,(H,25,27,28). The highest BCUT2D eigenvalue weighted by Crippen LogP contribution is 2.29. The zero-order chi connectivity index (χ0) is 21.2. The molecule has 0 aromatic carbocycles.